The Labute approximate surface area is 92.9 Å². The molecule has 76 valence electrons. The van der Waals surface area contributed by atoms with Crippen LogP contribution in [-0.2, 0) is 6.42 Å². The summed E-state index contributed by atoms with van der Waals surface area (Å²) in [5, 5.41) is 1.44. The van der Waals surface area contributed by atoms with E-state index in [0.29, 0.717) is 11.3 Å². The van der Waals surface area contributed by atoms with E-state index in [9.17, 15) is 0 Å². The van der Waals surface area contributed by atoms with Crippen LogP contribution in [0.5, 0.6) is 0 Å². The highest BCUT2D eigenvalue weighted by atomic mass is 35.5. The van der Waals surface area contributed by atoms with Gasteiger partial charge in [0.25, 0.3) is 0 Å². The molecule has 2 fully saturated rings. The monoisotopic (exact) mass is 228 g/mol. The van der Waals surface area contributed by atoms with Crippen molar-refractivity contribution in [3.05, 3.63) is 10.8 Å². The molecule has 0 spiro atoms. The lowest BCUT2D eigenvalue weighted by Gasteiger charge is -2.02. The predicted octanol–water partition coefficient (Wildman–Crippen LogP) is 2.98. The summed E-state index contributed by atoms with van der Waals surface area (Å²) in [5.74, 6) is 2.50. The summed E-state index contributed by atoms with van der Waals surface area (Å²) in [6, 6.07) is 0. The van der Waals surface area contributed by atoms with Gasteiger partial charge in [-0.1, -0.05) is 0 Å². The number of nitrogens with zero attached hydrogens (tertiary/aromatic N) is 2. The second kappa shape index (κ2) is 3.46. The average Bonchev–Trinajstić information content (AvgIpc) is 3.06. The fourth-order valence-corrected chi connectivity index (χ4v) is 2.92. The van der Waals surface area contributed by atoms with Crippen molar-refractivity contribution < 1.29 is 0 Å². The van der Waals surface area contributed by atoms with E-state index < -0.39 is 0 Å². The lowest BCUT2D eigenvalue weighted by atomic mass is 10.2. The second-order valence-corrected chi connectivity index (χ2v) is 5.78. The van der Waals surface area contributed by atoms with Crippen molar-refractivity contribution in [1.29, 1.82) is 0 Å². The molecule has 2 aliphatic rings. The molecule has 1 heterocycles. The number of aromatic nitrogens is 2. The van der Waals surface area contributed by atoms with Crippen LogP contribution in [0.25, 0.3) is 0 Å². The summed E-state index contributed by atoms with van der Waals surface area (Å²) in [6.45, 7) is 0. The highest BCUT2D eigenvalue weighted by Gasteiger charge is 2.32. The van der Waals surface area contributed by atoms with Crippen molar-refractivity contribution in [2.45, 2.75) is 43.4 Å². The van der Waals surface area contributed by atoms with E-state index in [4.69, 9.17) is 11.6 Å². The first-order valence-electron chi connectivity index (χ1n) is 5.29. The summed E-state index contributed by atoms with van der Waals surface area (Å²) in [4.78, 5) is 4.55. The van der Waals surface area contributed by atoms with Gasteiger partial charge in [0.2, 0.25) is 0 Å². The Morgan fingerprint density at radius 2 is 2.14 bits per heavy atom. The molecule has 1 aromatic rings. The molecular formula is C10H13ClN2S. The summed E-state index contributed by atoms with van der Waals surface area (Å²) in [6.07, 6.45) is 6.10. The SMILES string of the molecule is ClC(Cc1nc(C2CC2)ns1)C1CC1. The number of alkyl halides is 1. The van der Waals surface area contributed by atoms with Crippen LogP contribution < -0.4 is 0 Å². The molecule has 14 heavy (non-hydrogen) atoms. The van der Waals surface area contributed by atoms with E-state index in [1.165, 1.54) is 25.7 Å². The molecule has 0 radical (unpaired) electrons. The first-order valence-corrected chi connectivity index (χ1v) is 6.50. The lowest BCUT2D eigenvalue weighted by molar-refractivity contribution is 0.731. The van der Waals surface area contributed by atoms with Crippen LogP contribution >= 0.6 is 23.1 Å². The molecule has 1 unspecified atom stereocenters. The standard InChI is InChI=1S/C10H13ClN2S/c11-8(6-1-2-6)5-9-12-10(13-14-9)7-3-4-7/h6-8H,1-5H2. The zero-order valence-corrected chi connectivity index (χ0v) is 9.52. The quantitative estimate of drug-likeness (QED) is 0.741. The Bertz CT molecular complexity index is 331. The third kappa shape index (κ3) is 1.94. The summed E-state index contributed by atoms with van der Waals surface area (Å²) in [7, 11) is 0. The van der Waals surface area contributed by atoms with Gasteiger partial charge in [-0.3, -0.25) is 0 Å². The molecule has 3 rings (SSSR count). The number of halogens is 1. The fraction of sp³-hybridized carbons (Fsp3) is 0.800. The Hall–Kier alpha value is -0.150. The molecule has 0 amide bonds. The smallest absolute Gasteiger partial charge is 0.145 e. The number of hydrogen-bond donors (Lipinski definition) is 0. The molecule has 0 saturated heterocycles. The Morgan fingerprint density at radius 3 is 2.79 bits per heavy atom. The van der Waals surface area contributed by atoms with Crippen molar-refractivity contribution in [1.82, 2.24) is 9.36 Å². The third-order valence-corrected chi connectivity index (χ3v) is 4.19. The van der Waals surface area contributed by atoms with Gasteiger partial charge in [0.15, 0.2) is 0 Å². The highest BCUT2D eigenvalue weighted by molar-refractivity contribution is 7.05. The normalized spacial score (nSPS) is 23.8. The molecule has 0 aliphatic heterocycles. The summed E-state index contributed by atoms with van der Waals surface area (Å²) < 4.78 is 4.38. The third-order valence-electron chi connectivity index (χ3n) is 2.93. The van der Waals surface area contributed by atoms with E-state index in [1.807, 2.05) is 0 Å². The zero-order chi connectivity index (χ0) is 9.54. The van der Waals surface area contributed by atoms with E-state index in [1.54, 1.807) is 11.5 Å². The van der Waals surface area contributed by atoms with E-state index in [0.717, 1.165) is 23.2 Å². The fourth-order valence-electron chi connectivity index (χ4n) is 1.65. The van der Waals surface area contributed by atoms with Gasteiger partial charge < -0.3 is 0 Å². The van der Waals surface area contributed by atoms with Crippen LogP contribution in [0.2, 0.25) is 0 Å². The van der Waals surface area contributed by atoms with Gasteiger partial charge in [-0.15, -0.1) is 11.6 Å². The topological polar surface area (TPSA) is 25.8 Å². The number of hydrogen-bond acceptors (Lipinski definition) is 3. The van der Waals surface area contributed by atoms with Gasteiger partial charge in [-0.2, -0.15) is 4.37 Å². The minimum atomic E-state index is 0.301. The molecule has 4 heteroatoms. The second-order valence-electron chi connectivity index (χ2n) is 4.38. The molecular weight excluding hydrogens is 216 g/mol. The van der Waals surface area contributed by atoms with E-state index in [-0.39, 0.29) is 0 Å². The average molecular weight is 229 g/mol. The maximum atomic E-state index is 6.26. The van der Waals surface area contributed by atoms with Crippen molar-refractivity contribution in [3.8, 4) is 0 Å². The molecule has 0 aromatic carbocycles. The van der Waals surface area contributed by atoms with Gasteiger partial charge in [0.1, 0.15) is 10.8 Å². The van der Waals surface area contributed by atoms with Gasteiger partial charge in [-0.05, 0) is 43.1 Å². The first-order chi connectivity index (χ1) is 6.83. The number of rotatable bonds is 4. The molecule has 2 saturated carbocycles. The molecule has 2 aliphatic carbocycles. The van der Waals surface area contributed by atoms with Crippen LogP contribution in [-0.4, -0.2) is 14.7 Å². The molecule has 0 bridgehead atoms. The van der Waals surface area contributed by atoms with Crippen LogP contribution in [0.3, 0.4) is 0 Å². The lowest BCUT2D eigenvalue weighted by Crippen LogP contribution is -2.05. The predicted molar refractivity (Wildman–Crippen MR) is 58.0 cm³/mol. The van der Waals surface area contributed by atoms with Gasteiger partial charge in [0, 0.05) is 17.7 Å². The maximum absolute atomic E-state index is 6.26. The van der Waals surface area contributed by atoms with Crippen LogP contribution in [0, 0.1) is 5.92 Å². The minimum absolute atomic E-state index is 0.301. The largest absolute Gasteiger partial charge is 0.224 e. The van der Waals surface area contributed by atoms with Gasteiger partial charge in [-0.25, -0.2) is 4.98 Å². The molecule has 2 nitrogen and oxygen atoms in total. The zero-order valence-electron chi connectivity index (χ0n) is 7.95. The van der Waals surface area contributed by atoms with Crippen LogP contribution in [0.4, 0.5) is 0 Å². The minimum Gasteiger partial charge on any atom is -0.224 e. The van der Waals surface area contributed by atoms with Crippen LogP contribution in [0.15, 0.2) is 0 Å². The van der Waals surface area contributed by atoms with Crippen molar-refractivity contribution >= 4 is 23.1 Å². The van der Waals surface area contributed by atoms with Crippen molar-refractivity contribution in [2.24, 2.45) is 5.92 Å². The Kier molecular flexibility index (Phi) is 2.25. The van der Waals surface area contributed by atoms with E-state index >= 15 is 0 Å². The van der Waals surface area contributed by atoms with Crippen molar-refractivity contribution in [3.63, 3.8) is 0 Å². The Morgan fingerprint density at radius 1 is 1.36 bits per heavy atom. The first kappa shape index (κ1) is 9.10. The van der Waals surface area contributed by atoms with Gasteiger partial charge in [0.05, 0.1) is 0 Å². The van der Waals surface area contributed by atoms with Gasteiger partial charge >= 0.3 is 0 Å². The molecule has 1 aromatic heterocycles. The van der Waals surface area contributed by atoms with Crippen LogP contribution in [0.1, 0.15) is 42.4 Å². The Balaban J connectivity index is 1.63. The van der Waals surface area contributed by atoms with E-state index in [2.05, 4.69) is 9.36 Å². The molecule has 0 N–H and O–H groups in total. The molecule has 1 atom stereocenters. The highest BCUT2D eigenvalue weighted by Crippen LogP contribution is 2.40. The van der Waals surface area contributed by atoms with Crippen molar-refractivity contribution in [2.75, 3.05) is 0 Å². The summed E-state index contributed by atoms with van der Waals surface area (Å²) in [5.41, 5.74) is 0. The maximum Gasteiger partial charge on any atom is 0.145 e. The summed E-state index contributed by atoms with van der Waals surface area (Å²) >= 11 is 7.80.